The number of amides is 1. The topological polar surface area (TPSA) is 78.1 Å². The number of rotatable bonds is 5. The largest absolute Gasteiger partial charge is 0.416 e. The van der Waals surface area contributed by atoms with Crippen molar-refractivity contribution in [2.75, 3.05) is 18.0 Å². The number of aromatic nitrogens is 2. The second-order valence-corrected chi connectivity index (χ2v) is 7.46. The van der Waals surface area contributed by atoms with Gasteiger partial charge in [-0.2, -0.15) is 13.2 Å². The summed E-state index contributed by atoms with van der Waals surface area (Å²) >= 11 is 0. The zero-order chi connectivity index (χ0) is 21.2. The molecule has 2 N–H and O–H groups in total. The maximum Gasteiger partial charge on any atom is 0.416 e. The fraction of sp³-hybridized carbons (Fsp3) is 0.450. The molecule has 0 spiro atoms. The van der Waals surface area contributed by atoms with Crippen molar-refractivity contribution in [3.05, 3.63) is 57.5 Å². The monoisotopic (exact) mass is 408 g/mol. The van der Waals surface area contributed by atoms with E-state index in [-0.39, 0.29) is 11.6 Å². The summed E-state index contributed by atoms with van der Waals surface area (Å²) in [5.41, 5.74) is -0.650. The number of hydrogen-bond acceptors (Lipinski definition) is 4. The lowest BCUT2D eigenvalue weighted by atomic mass is 9.95. The smallest absolute Gasteiger partial charge is 0.344 e. The second kappa shape index (κ2) is 8.26. The summed E-state index contributed by atoms with van der Waals surface area (Å²) in [4.78, 5) is 33.6. The van der Waals surface area contributed by atoms with E-state index in [4.69, 9.17) is 0 Å². The first-order valence-corrected chi connectivity index (χ1v) is 9.49. The van der Waals surface area contributed by atoms with Crippen LogP contribution in [-0.2, 0) is 6.18 Å². The van der Waals surface area contributed by atoms with Crippen molar-refractivity contribution >= 4 is 11.9 Å². The number of carbonyl (C=O) groups is 1. The van der Waals surface area contributed by atoms with E-state index in [1.165, 1.54) is 12.1 Å². The van der Waals surface area contributed by atoms with E-state index in [9.17, 15) is 22.8 Å². The fourth-order valence-electron chi connectivity index (χ4n) is 3.37. The third-order valence-corrected chi connectivity index (χ3v) is 4.92. The van der Waals surface area contributed by atoms with E-state index < -0.39 is 29.2 Å². The van der Waals surface area contributed by atoms with Crippen molar-refractivity contribution < 1.29 is 18.0 Å². The normalized spacial score (nSPS) is 15.6. The molecule has 0 bridgehead atoms. The molecule has 6 nitrogen and oxygen atoms in total. The van der Waals surface area contributed by atoms with Crippen LogP contribution in [0.3, 0.4) is 0 Å². The van der Waals surface area contributed by atoms with E-state index >= 15 is 0 Å². The van der Waals surface area contributed by atoms with Gasteiger partial charge in [-0.1, -0.05) is 26.0 Å². The molecule has 1 aromatic carbocycles. The van der Waals surface area contributed by atoms with Crippen molar-refractivity contribution in [2.45, 2.75) is 38.9 Å². The molecule has 2 heterocycles. The summed E-state index contributed by atoms with van der Waals surface area (Å²) in [6, 6.07) is 5.30. The summed E-state index contributed by atoms with van der Waals surface area (Å²) in [5, 5.41) is 2.80. The first-order chi connectivity index (χ1) is 13.6. The molecule has 0 aliphatic carbocycles. The lowest BCUT2D eigenvalue weighted by Crippen LogP contribution is -2.34. The number of halogens is 3. The van der Waals surface area contributed by atoms with E-state index in [0.717, 1.165) is 44.1 Å². The highest BCUT2D eigenvalue weighted by atomic mass is 19.4. The van der Waals surface area contributed by atoms with Gasteiger partial charge in [0, 0.05) is 19.2 Å². The maximum atomic E-state index is 12.8. The molecular weight excluding hydrogens is 385 g/mol. The Balaban J connectivity index is 1.82. The van der Waals surface area contributed by atoms with Gasteiger partial charge in [-0.25, -0.2) is 4.98 Å². The number of H-pyrrole nitrogens is 1. The Morgan fingerprint density at radius 1 is 1.17 bits per heavy atom. The standard InChI is InChI=1S/C20H23F3N4O2/c1-12(2)17(13-5-7-14(8-6-13)20(21,22)23)26-18(29)15-11-16(28)25-19(24-15)27-9-3-4-10-27/h5-8,11-12,17H,3-4,9-10H2,1-2H3,(H,26,29)(H,24,25,28). The van der Waals surface area contributed by atoms with E-state index in [2.05, 4.69) is 15.3 Å². The summed E-state index contributed by atoms with van der Waals surface area (Å²) in [7, 11) is 0. The lowest BCUT2D eigenvalue weighted by molar-refractivity contribution is -0.137. The van der Waals surface area contributed by atoms with Crippen LogP contribution in [0.25, 0.3) is 0 Å². The highest BCUT2D eigenvalue weighted by Crippen LogP contribution is 2.31. The maximum absolute atomic E-state index is 12.8. The highest BCUT2D eigenvalue weighted by Gasteiger charge is 2.30. The Morgan fingerprint density at radius 2 is 1.79 bits per heavy atom. The molecule has 1 amide bonds. The van der Waals surface area contributed by atoms with Gasteiger partial charge in [-0.15, -0.1) is 0 Å². The average Bonchev–Trinajstić information content (AvgIpc) is 3.19. The number of aromatic amines is 1. The van der Waals surface area contributed by atoms with E-state index in [0.29, 0.717) is 11.5 Å². The van der Waals surface area contributed by atoms with Gasteiger partial charge in [0.15, 0.2) is 0 Å². The molecule has 1 unspecified atom stereocenters. The summed E-state index contributed by atoms with van der Waals surface area (Å²) in [6.07, 6.45) is -2.44. The second-order valence-electron chi connectivity index (χ2n) is 7.46. The lowest BCUT2D eigenvalue weighted by Gasteiger charge is -2.23. The van der Waals surface area contributed by atoms with Gasteiger partial charge in [0.05, 0.1) is 11.6 Å². The van der Waals surface area contributed by atoms with Crippen LogP contribution in [0.15, 0.2) is 35.1 Å². The van der Waals surface area contributed by atoms with Crippen LogP contribution in [-0.4, -0.2) is 29.0 Å². The number of anilines is 1. The van der Waals surface area contributed by atoms with Gasteiger partial charge < -0.3 is 10.2 Å². The van der Waals surface area contributed by atoms with Crippen LogP contribution in [0.1, 0.15) is 54.3 Å². The van der Waals surface area contributed by atoms with Crippen LogP contribution >= 0.6 is 0 Å². The third kappa shape index (κ3) is 4.96. The molecule has 29 heavy (non-hydrogen) atoms. The van der Waals surface area contributed by atoms with Gasteiger partial charge in [-0.3, -0.25) is 14.6 Å². The predicted octanol–water partition coefficient (Wildman–Crippen LogP) is 3.52. The van der Waals surface area contributed by atoms with Gasteiger partial charge in [0.25, 0.3) is 11.5 Å². The predicted molar refractivity (Wildman–Crippen MR) is 103 cm³/mol. The number of nitrogens with one attached hydrogen (secondary N) is 2. The van der Waals surface area contributed by atoms with Gasteiger partial charge in [0.2, 0.25) is 5.95 Å². The Labute approximate surface area is 166 Å². The molecular formula is C20H23F3N4O2. The zero-order valence-corrected chi connectivity index (χ0v) is 16.2. The Hall–Kier alpha value is -2.84. The molecule has 3 rings (SSSR count). The fourth-order valence-corrected chi connectivity index (χ4v) is 3.37. The molecule has 156 valence electrons. The quantitative estimate of drug-likeness (QED) is 0.794. The Bertz CT molecular complexity index is 917. The van der Waals surface area contributed by atoms with Crippen LogP contribution < -0.4 is 15.8 Å². The zero-order valence-electron chi connectivity index (χ0n) is 16.2. The molecule has 1 aliphatic rings. The molecule has 9 heteroatoms. The van der Waals surface area contributed by atoms with Crippen molar-refractivity contribution in [3.8, 4) is 0 Å². The first-order valence-electron chi connectivity index (χ1n) is 9.49. The molecule has 0 radical (unpaired) electrons. The summed E-state index contributed by atoms with van der Waals surface area (Å²) in [5.74, 6) is -0.276. The summed E-state index contributed by atoms with van der Waals surface area (Å²) in [6.45, 7) is 5.22. The van der Waals surface area contributed by atoms with Gasteiger partial charge in [-0.05, 0) is 36.5 Å². The first kappa shape index (κ1) is 20.9. The molecule has 1 fully saturated rings. The van der Waals surface area contributed by atoms with Crippen molar-refractivity contribution in [1.82, 2.24) is 15.3 Å². The minimum Gasteiger partial charge on any atom is -0.344 e. The molecule has 2 aromatic rings. The van der Waals surface area contributed by atoms with Crippen LogP contribution in [0.4, 0.5) is 19.1 Å². The number of alkyl halides is 3. The van der Waals surface area contributed by atoms with Gasteiger partial charge in [0.1, 0.15) is 5.69 Å². The van der Waals surface area contributed by atoms with Crippen LogP contribution in [0.2, 0.25) is 0 Å². The van der Waals surface area contributed by atoms with Gasteiger partial charge >= 0.3 is 6.18 Å². The highest BCUT2D eigenvalue weighted by molar-refractivity contribution is 5.92. The number of carbonyl (C=O) groups excluding carboxylic acids is 1. The Morgan fingerprint density at radius 3 is 2.34 bits per heavy atom. The third-order valence-electron chi connectivity index (χ3n) is 4.92. The van der Waals surface area contributed by atoms with Crippen molar-refractivity contribution in [2.24, 2.45) is 5.92 Å². The molecule has 1 aromatic heterocycles. The summed E-state index contributed by atoms with van der Waals surface area (Å²) < 4.78 is 38.4. The molecule has 0 saturated carbocycles. The average molecular weight is 408 g/mol. The minimum absolute atomic E-state index is 0.0202. The number of hydrogen-bond donors (Lipinski definition) is 2. The van der Waals surface area contributed by atoms with E-state index in [1.807, 2.05) is 18.7 Å². The number of benzene rings is 1. The van der Waals surface area contributed by atoms with Crippen molar-refractivity contribution in [3.63, 3.8) is 0 Å². The van der Waals surface area contributed by atoms with Crippen LogP contribution in [0.5, 0.6) is 0 Å². The molecule has 1 aliphatic heterocycles. The Kier molecular flexibility index (Phi) is 5.95. The van der Waals surface area contributed by atoms with Crippen LogP contribution in [0, 0.1) is 5.92 Å². The number of nitrogens with zero attached hydrogens (tertiary/aromatic N) is 2. The SMILES string of the molecule is CC(C)C(NC(=O)c1cc(=O)[nH]c(N2CCCC2)n1)c1ccc(C(F)(F)F)cc1. The van der Waals surface area contributed by atoms with Crippen molar-refractivity contribution in [1.29, 1.82) is 0 Å². The van der Waals surface area contributed by atoms with E-state index in [1.54, 1.807) is 0 Å². The molecule has 1 saturated heterocycles. The molecule has 1 atom stereocenters. The minimum atomic E-state index is -4.42.